The highest BCUT2D eigenvalue weighted by molar-refractivity contribution is 5.80. The molecule has 37 heavy (non-hydrogen) atoms. The van der Waals surface area contributed by atoms with Crippen molar-refractivity contribution in [3.8, 4) is 56.4 Å². The van der Waals surface area contributed by atoms with Crippen molar-refractivity contribution < 1.29 is 0 Å². The minimum atomic E-state index is 0.631. The van der Waals surface area contributed by atoms with Gasteiger partial charge in [-0.2, -0.15) is 0 Å². The van der Waals surface area contributed by atoms with Gasteiger partial charge in [-0.05, 0) is 47.9 Å². The number of pyridine rings is 1. The van der Waals surface area contributed by atoms with Crippen LogP contribution >= 0.6 is 0 Å². The molecule has 0 bridgehead atoms. The molecule has 0 saturated carbocycles. The standard InChI is InChI=1S/C33H24N4/c1-23-14-16-24(17-15-23)28-19-29(27-13-8-18-34-22-27)21-30(20-28)33-36-31(25-9-4-2-5-10-25)35-32(37-33)26-11-6-3-7-12-26/h2-22H,1H3. The maximum Gasteiger partial charge on any atom is 0.164 e. The monoisotopic (exact) mass is 476 g/mol. The van der Waals surface area contributed by atoms with Gasteiger partial charge in [-0.1, -0.05) is 96.6 Å². The van der Waals surface area contributed by atoms with E-state index in [9.17, 15) is 0 Å². The van der Waals surface area contributed by atoms with Gasteiger partial charge in [-0.15, -0.1) is 0 Å². The van der Waals surface area contributed by atoms with Crippen molar-refractivity contribution in [1.82, 2.24) is 19.9 Å². The van der Waals surface area contributed by atoms with E-state index in [1.54, 1.807) is 6.20 Å². The summed E-state index contributed by atoms with van der Waals surface area (Å²) in [6.07, 6.45) is 3.68. The van der Waals surface area contributed by atoms with Crippen molar-refractivity contribution >= 4 is 0 Å². The van der Waals surface area contributed by atoms with Gasteiger partial charge in [0.15, 0.2) is 17.5 Å². The lowest BCUT2D eigenvalue weighted by molar-refractivity contribution is 1.07. The molecule has 0 saturated heterocycles. The Kier molecular flexibility index (Phi) is 6.05. The molecule has 0 N–H and O–H groups in total. The highest BCUT2D eigenvalue weighted by Gasteiger charge is 2.14. The van der Waals surface area contributed by atoms with Crippen LogP contribution < -0.4 is 0 Å². The summed E-state index contributed by atoms with van der Waals surface area (Å²) in [6, 6.07) is 39.2. The van der Waals surface area contributed by atoms with Crippen molar-refractivity contribution in [3.63, 3.8) is 0 Å². The van der Waals surface area contributed by atoms with Crippen LogP contribution in [-0.2, 0) is 0 Å². The van der Waals surface area contributed by atoms with Gasteiger partial charge in [0.25, 0.3) is 0 Å². The van der Waals surface area contributed by atoms with Gasteiger partial charge in [-0.25, -0.2) is 15.0 Å². The lowest BCUT2D eigenvalue weighted by atomic mass is 9.96. The number of rotatable bonds is 5. The maximum atomic E-state index is 4.95. The summed E-state index contributed by atoms with van der Waals surface area (Å²) < 4.78 is 0. The smallest absolute Gasteiger partial charge is 0.164 e. The molecule has 6 aromatic rings. The van der Waals surface area contributed by atoms with Crippen molar-refractivity contribution in [2.24, 2.45) is 0 Å². The van der Waals surface area contributed by atoms with Crippen LogP contribution in [-0.4, -0.2) is 19.9 Å². The molecule has 0 radical (unpaired) electrons. The van der Waals surface area contributed by atoms with E-state index in [2.05, 4.69) is 60.4 Å². The Bertz CT molecular complexity index is 1590. The second-order valence-corrected chi connectivity index (χ2v) is 8.95. The Balaban J connectivity index is 1.58. The molecule has 0 unspecified atom stereocenters. The first-order chi connectivity index (χ1) is 18.2. The molecule has 4 nitrogen and oxygen atoms in total. The molecule has 2 aromatic heterocycles. The lowest BCUT2D eigenvalue weighted by Crippen LogP contribution is -2.00. The average Bonchev–Trinajstić information content (AvgIpc) is 2.98. The van der Waals surface area contributed by atoms with Gasteiger partial charge in [0.2, 0.25) is 0 Å². The Hall–Kier alpha value is -4.96. The Labute approximate surface area is 216 Å². The molecule has 0 aliphatic heterocycles. The minimum Gasteiger partial charge on any atom is -0.264 e. The summed E-state index contributed by atoms with van der Waals surface area (Å²) >= 11 is 0. The lowest BCUT2D eigenvalue weighted by Gasteiger charge is -2.12. The highest BCUT2D eigenvalue weighted by atomic mass is 15.0. The summed E-state index contributed by atoms with van der Waals surface area (Å²) in [5.41, 5.74) is 8.38. The predicted molar refractivity (Wildman–Crippen MR) is 150 cm³/mol. The first-order valence-electron chi connectivity index (χ1n) is 12.2. The van der Waals surface area contributed by atoms with E-state index >= 15 is 0 Å². The molecule has 0 spiro atoms. The number of aromatic nitrogens is 4. The fourth-order valence-corrected chi connectivity index (χ4v) is 4.31. The van der Waals surface area contributed by atoms with Gasteiger partial charge in [-0.3, -0.25) is 4.98 Å². The Morgan fingerprint density at radius 3 is 1.43 bits per heavy atom. The van der Waals surface area contributed by atoms with Gasteiger partial charge in [0.1, 0.15) is 0 Å². The minimum absolute atomic E-state index is 0.631. The number of benzene rings is 4. The third kappa shape index (κ3) is 4.91. The quantitative estimate of drug-likeness (QED) is 0.254. The zero-order valence-corrected chi connectivity index (χ0v) is 20.4. The van der Waals surface area contributed by atoms with E-state index in [-0.39, 0.29) is 0 Å². The van der Waals surface area contributed by atoms with E-state index < -0.39 is 0 Å². The number of nitrogens with zero attached hydrogens (tertiary/aromatic N) is 4. The average molecular weight is 477 g/mol. The van der Waals surface area contributed by atoms with Gasteiger partial charge in [0.05, 0.1) is 0 Å². The molecule has 0 atom stereocenters. The molecule has 6 rings (SSSR count). The van der Waals surface area contributed by atoms with Crippen LogP contribution in [0.25, 0.3) is 56.4 Å². The highest BCUT2D eigenvalue weighted by Crippen LogP contribution is 2.33. The maximum absolute atomic E-state index is 4.95. The van der Waals surface area contributed by atoms with Crippen LogP contribution in [0.1, 0.15) is 5.56 Å². The SMILES string of the molecule is Cc1ccc(-c2cc(-c3cccnc3)cc(-c3nc(-c4ccccc4)nc(-c4ccccc4)n3)c2)cc1. The summed E-state index contributed by atoms with van der Waals surface area (Å²) in [5.74, 6) is 1.92. The van der Waals surface area contributed by atoms with Crippen LogP contribution in [0.15, 0.2) is 128 Å². The van der Waals surface area contributed by atoms with Crippen LogP contribution in [0.2, 0.25) is 0 Å². The van der Waals surface area contributed by atoms with Crippen molar-refractivity contribution in [2.45, 2.75) is 6.92 Å². The molecule has 4 heteroatoms. The molecule has 0 aliphatic rings. The zero-order valence-electron chi connectivity index (χ0n) is 20.4. The molecule has 4 aromatic carbocycles. The Morgan fingerprint density at radius 2 is 0.892 bits per heavy atom. The predicted octanol–water partition coefficient (Wildman–Crippen LogP) is 7.91. The van der Waals surface area contributed by atoms with Gasteiger partial charge < -0.3 is 0 Å². The van der Waals surface area contributed by atoms with Crippen molar-refractivity contribution in [1.29, 1.82) is 0 Å². The van der Waals surface area contributed by atoms with E-state index in [0.29, 0.717) is 17.5 Å². The molecule has 2 heterocycles. The molecule has 0 aliphatic carbocycles. The fraction of sp³-hybridized carbons (Fsp3) is 0.0303. The summed E-state index contributed by atoms with van der Waals surface area (Å²) in [4.78, 5) is 19.1. The number of hydrogen-bond donors (Lipinski definition) is 0. The third-order valence-corrected chi connectivity index (χ3v) is 6.27. The third-order valence-electron chi connectivity index (χ3n) is 6.27. The van der Waals surface area contributed by atoms with Crippen molar-refractivity contribution in [2.75, 3.05) is 0 Å². The van der Waals surface area contributed by atoms with Crippen LogP contribution in [0.3, 0.4) is 0 Å². The van der Waals surface area contributed by atoms with E-state index in [1.165, 1.54) is 5.56 Å². The fourth-order valence-electron chi connectivity index (χ4n) is 4.31. The second-order valence-electron chi connectivity index (χ2n) is 8.95. The van der Waals surface area contributed by atoms with Crippen LogP contribution in [0.4, 0.5) is 0 Å². The molecule has 176 valence electrons. The second kappa shape index (κ2) is 9.96. The van der Waals surface area contributed by atoms with E-state index in [0.717, 1.165) is 38.9 Å². The first-order valence-corrected chi connectivity index (χ1v) is 12.2. The van der Waals surface area contributed by atoms with Crippen molar-refractivity contribution in [3.05, 3.63) is 133 Å². The molecular weight excluding hydrogens is 452 g/mol. The molecular formula is C33H24N4. The summed E-state index contributed by atoms with van der Waals surface area (Å²) in [5, 5.41) is 0. The number of hydrogen-bond acceptors (Lipinski definition) is 4. The normalized spacial score (nSPS) is 10.8. The van der Waals surface area contributed by atoms with E-state index in [1.807, 2.05) is 72.9 Å². The molecule has 0 fully saturated rings. The van der Waals surface area contributed by atoms with E-state index in [4.69, 9.17) is 15.0 Å². The first kappa shape index (κ1) is 22.5. The zero-order chi connectivity index (χ0) is 25.0. The molecule has 0 amide bonds. The summed E-state index contributed by atoms with van der Waals surface area (Å²) in [6.45, 7) is 2.10. The largest absolute Gasteiger partial charge is 0.264 e. The van der Waals surface area contributed by atoms with Crippen LogP contribution in [0, 0.1) is 6.92 Å². The Morgan fingerprint density at radius 1 is 0.405 bits per heavy atom. The number of aryl methyl sites for hydroxylation is 1. The van der Waals surface area contributed by atoms with Gasteiger partial charge in [0, 0.05) is 34.6 Å². The van der Waals surface area contributed by atoms with Crippen LogP contribution in [0.5, 0.6) is 0 Å². The summed E-state index contributed by atoms with van der Waals surface area (Å²) in [7, 11) is 0. The van der Waals surface area contributed by atoms with Gasteiger partial charge >= 0.3 is 0 Å². The topological polar surface area (TPSA) is 51.6 Å².